The number of hydrogen-bond donors (Lipinski definition) is 2. The summed E-state index contributed by atoms with van der Waals surface area (Å²) in [4.78, 5) is 13.1. The molecule has 3 N–H and O–H groups in total. The van der Waals surface area contributed by atoms with E-state index in [1.807, 2.05) is 19.9 Å². The molecule has 2 unspecified atom stereocenters. The van der Waals surface area contributed by atoms with E-state index in [4.69, 9.17) is 10.3 Å². The van der Waals surface area contributed by atoms with Crippen LogP contribution in [-0.4, -0.2) is 48.5 Å². The Hall–Kier alpha value is -1.71. The average Bonchev–Trinajstić information content (AvgIpc) is 3.41. The molecule has 1 aromatic heterocycles. The maximum Gasteiger partial charge on any atom is 0.273 e. The van der Waals surface area contributed by atoms with E-state index in [1.54, 1.807) is 10.4 Å². The van der Waals surface area contributed by atoms with E-state index in [0.29, 0.717) is 55.2 Å². The molecule has 0 radical (unpaired) electrons. The molecule has 4 rings (SSSR count). The number of nitrogens with one attached hydrogen (secondary N) is 1. The molecule has 1 saturated carbocycles. The van der Waals surface area contributed by atoms with E-state index < -0.39 is 10.0 Å². The highest BCUT2D eigenvalue weighted by Gasteiger charge is 2.36. The van der Waals surface area contributed by atoms with Gasteiger partial charge in [0.15, 0.2) is 5.69 Å². The van der Waals surface area contributed by atoms with Crippen LogP contribution in [0.2, 0.25) is 0 Å². The fourth-order valence-corrected chi connectivity index (χ4v) is 6.84. The molecule has 2 aliphatic carbocycles. The molecule has 0 spiro atoms. The van der Waals surface area contributed by atoms with Crippen molar-refractivity contribution in [2.24, 2.45) is 11.7 Å². The highest BCUT2D eigenvalue weighted by molar-refractivity contribution is 7.93. The molecule has 1 amide bonds. The van der Waals surface area contributed by atoms with E-state index >= 15 is 0 Å². The van der Waals surface area contributed by atoms with Gasteiger partial charge in [-0.1, -0.05) is 18.2 Å². The molecule has 9 heteroatoms. The summed E-state index contributed by atoms with van der Waals surface area (Å²) >= 11 is 0. The van der Waals surface area contributed by atoms with Crippen LogP contribution in [-0.2, 0) is 10.0 Å². The van der Waals surface area contributed by atoms with Gasteiger partial charge in [0, 0.05) is 36.7 Å². The average molecular weight is 451 g/mol. The lowest BCUT2D eigenvalue weighted by Gasteiger charge is -2.36. The zero-order chi connectivity index (χ0) is 22.2. The molecular formula is C22H34N4O4S. The van der Waals surface area contributed by atoms with Gasteiger partial charge in [0.25, 0.3) is 5.91 Å². The van der Waals surface area contributed by atoms with Crippen LogP contribution in [0.5, 0.6) is 0 Å². The monoisotopic (exact) mass is 450 g/mol. The fraction of sp³-hybridized carbons (Fsp3) is 0.727. The summed E-state index contributed by atoms with van der Waals surface area (Å²) in [5.41, 5.74) is 6.34. The van der Waals surface area contributed by atoms with E-state index in [2.05, 4.69) is 10.5 Å². The van der Waals surface area contributed by atoms with E-state index in [1.165, 1.54) is 0 Å². The third-order valence-corrected chi connectivity index (χ3v) is 8.85. The number of carbonyl (C=O) groups excluding carboxylic acids is 1. The van der Waals surface area contributed by atoms with Crippen molar-refractivity contribution in [1.29, 1.82) is 0 Å². The summed E-state index contributed by atoms with van der Waals surface area (Å²) in [6, 6.07) is 1.72. The van der Waals surface area contributed by atoms with Crippen molar-refractivity contribution in [3.8, 4) is 0 Å². The molecular weight excluding hydrogens is 416 g/mol. The Balaban J connectivity index is 1.39. The Kier molecular flexibility index (Phi) is 6.55. The normalized spacial score (nSPS) is 32.5. The van der Waals surface area contributed by atoms with Gasteiger partial charge in [-0.2, -0.15) is 4.31 Å². The minimum atomic E-state index is -3.48. The first kappa shape index (κ1) is 22.5. The van der Waals surface area contributed by atoms with Crippen LogP contribution in [0.25, 0.3) is 0 Å². The lowest BCUT2D eigenvalue weighted by atomic mass is 9.92. The minimum Gasteiger partial charge on any atom is -0.360 e. The molecule has 0 aromatic carbocycles. The predicted molar refractivity (Wildman–Crippen MR) is 118 cm³/mol. The molecule has 8 nitrogen and oxygen atoms in total. The van der Waals surface area contributed by atoms with Gasteiger partial charge in [0.1, 0.15) is 5.76 Å². The van der Waals surface area contributed by atoms with Gasteiger partial charge in [-0.05, 0) is 64.2 Å². The van der Waals surface area contributed by atoms with Crippen molar-refractivity contribution >= 4 is 15.9 Å². The zero-order valence-electron chi connectivity index (χ0n) is 18.4. The molecule has 4 atom stereocenters. The highest BCUT2D eigenvalue weighted by atomic mass is 32.2. The van der Waals surface area contributed by atoms with Gasteiger partial charge in [-0.15, -0.1) is 0 Å². The molecule has 31 heavy (non-hydrogen) atoms. The molecule has 0 bridgehead atoms. The summed E-state index contributed by atoms with van der Waals surface area (Å²) < 4.78 is 33.5. The topological polar surface area (TPSA) is 119 Å². The number of allylic oxidation sites excluding steroid dienone is 2. The SMILES string of the molecule is CC1CC(N)CCN1S(=O)(=O)/C1=C\CC[C@@H](NC(=O)c2cc(C3CC3)on2)C[C@H](C)C1. The van der Waals surface area contributed by atoms with Gasteiger partial charge in [-0.25, -0.2) is 8.42 Å². The van der Waals surface area contributed by atoms with Crippen molar-refractivity contribution in [3.05, 3.63) is 28.5 Å². The van der Waals surface area contributed by atoms with Crippen LogP contribution in [0.3, 0.4) is 0 Å². The number of aromatic nitrogens is 1. The maximum atomic E-state index is 13.3. The van der Waals surface area contributed by atoms with Gasteiger partial charge < -0.3 is 15.6 Å². The van der Waals surface area contributed by atoms with Crippen molar-refractivity contribution in [2.45, 2.75) is 89.3 Å². The van der Waals surface area contributed by atoms with Gasteiger partial charge in [-0.3, -0.25) is 4.79 Å². The van der Waals surface area contributed by atoms with E-state index in [0.717, 1.165) is 25.0 Å². The quantitative estimate of drug-likeness (QED) is 0.712. The third kappa shape index (κ3) is 5.21. The van der Waals surface area contributed by atoms with Crippen LogP contribution < -0.4 is 11.1 Å². The Bertz CT molecular complexity index is 937. The van der Waals surface area contributed by atoms with Gasteiger partial charge >= 0.3 is 0 Å². The first-order valence-electron chi connectivity index (χ1n) is 11.5. The Morgan fingerprint density at radius 3 is 2.71 bits per heavy atom. The Labute approximate surface area is 184 Å². The number of nitrogens with two attached hydrogens (primary N) is 1. The Morgan fingerprint density at radius 2 is 2.00 bits per heavy atom. The van der Waals surface area contributed by atoms with E-state index in [9.17, 15) is 13.2 Å². The molecule has 1 aromatic rings. The number of rotatable bonds is 5. The van der Waals surface area contributed by atoms with Crippen LogP contribution in [0.15, 0.2) is 21.6 Å². The summed E-state index contributed by atoms with van der Waals surface area (Å²) in [7, 11) is -3.48. The standard InChI is InChI=1S/C22H34N4O4S/c1-14-10-18(24-22(27)20-13-21(30-25-20)16-6-7-16)4-3-5-19(11-14)31(28,29)26-9-8-17(23)12-15(26)2/h5,13-18H,3-4,6-12,23H2,1-2H3,(H,24,27)/b19-5-/t14-,15?,17?,18+/m0/s1. The van der Waals surface area contributed by atoms with Crippen LogP contribution in [0, 0.1) is 5.92 Å². The molecule has 2 fully saturated rings. The number of carbonyl (C=O) groups is 1. The third-order valence-electron chi connectivity index (χ3n) is 6.70. The van der Waals surface area contributed by atoms with Crippen molar-refractivity contribution in [2.75, 3.05) is 6.54 Å². The number of hydrogen-bond acceptors (Lipinski definition) is 6. The molecule has 3 aliphatic rings. The second kappa shape index (κ2) is 9.03. The second-order valence-electron chi connectivity index (χ2n) is 9.60. The van der Waals surface area contributed by atoms with Crippen LogP contribution >= 0.6 is 0 Å². The van der Waals surface area contributed by atoms with Crippen LogP contribution in [0.1, 0.15) is 87.4 Å². The summed E-state index contributed by atoms with van der Waals surface area (Å²) in [5.74, 6) is 1.12. The van der Waals surface area contributed by atoms with Crippen molar-refractivity contribution in [3.63, 3.8) is 0 Å². The molecule has 172 valence electrons. The summed E-state index contributed by atoms with van der Waals surface area (Å²) in [5, 5.41) is 6.99. The zero-order valence-corrected chi connectivity index (χ0v) is 19.2. The second-order valence-corrected chi connectivity index (χ2v) is 11.5. The number of piperidine rings is 1. The van der Waals surface area contributed by atoms with Crippen molar-refractivity contribution < 1.29 is 17.7 Å². The number of sulfonamides is 1. The predicted octanol–water partition coefficient (Wildman–Crippen LogP) is 2.89. The molecule has 1 saturated heterocycles. The van der Waals surface area contributed by atoms with Gasteiger partial charge in [0.05, 0.1) is 4.91 Å². The lowest BCUT2D eigenvalue weighted by Crippen LogP contribution is -2.48. The maximum absolute atomic E-state index is 13.3. The van der Waals surface area contributed by atoms with Crippen LogP contribution in [0.4, 0.5) is 0 Å². The molecule has 2 heterocycles. The van der Waals surface area contributed by atoms with Gasteiger partial charge in [0.2, 0.25) is 10.0 Å². The fourth-order valence-electron chi connectivity index (χ4n) is 4.81. The lowest BCUT2D eigenvalue weighted by molar-refractivity contribution is 0.0919. The van der Waals surface area contributed by atoms with E-state index in [-0.39, 0.29) is 30.0 Å². The highest BCUT2D eigenvalue weighted by Crippen LogP contribution is 2.40. The minimum absolute atomic E-state index is 0.0176. The molecule has 1 aliphatic heterocycles. The number of amides is 1. The smallest absolute Gasteiger partial charge is 0.273 e. The Morgan fingerprint density at radius 1 is 1.23 bits per heavy atom. The first-order valence-corrected chi connectivity index (χ1v) is 12.9. The largest absolute Gasteiger partial charge is 0.360 e. The van der Waals surface area contributed by atoms with Crippen molar-refractivity contribution in [1.82, 2.24) is 14.8 Å². The first-order chi connectivity index (χ1) is 14.7. The number of nitrogens with zero attached hydrogens (tertiary/aromatic N) is 2. The summed E-state index contributed by atoms with van der Waals surface area (Å²) in [6.45, 7) is 4.47. The summed E-state index contributed by atoms with van der Waals surface area (Å²) in [6.07, 6.45) is 7.96.